The number of aromatic nitrogens is 3. The van der Waals surface area contributed by atoms with Crippen LogP contribution in [0.2, 0.25) is 5.02 Å². The highest BCUT2D eigenvalue weighted by Gasteiger charge is 2.34. The maximum Gasteiger partial charge on any atom is 0.338 e. The van der Waals surface area contributed by atoms with E-state index in [1.807, 2.05) is 91.1 Å². The van der Waals surface area contributed by atoms with Gasteiger partial charge in [0.2, 0.25) is 0 Å². The molecular weight excluding hydrogens is 596 g/mol. The lowest BCUT2D eigenvalue weighted by atomic mass is 9.96. The van der Waals surface area contributed by atoms with Crippen LogP contribution in [0.3, 0.4) is 0 Å². The van der Waals surface area contributed by atoms with Crippen LogP contribution in [0.25, 0.3) is 23.0 Å². The summed E-state index contributed by atoms with van der Waals surface area (Å²) in [6, 6.07) is 23.8. The molecule has 0 saturated carbocycles. The van der Waals surface area contributed by atoms with Crippen LogP contribution in [0, 0.1) is 0 Å². The quantitative estimate of drug-likeness (QED) is 0.217. The van der Waals surface area contributed by atoms with Gasteiger partial charge in [-0.2, -0.15) is 5.10 Å². The fourth-order valence-electron chi connectivity index (χ4n) is 5.14. The third-order valence-corrected chi connectivity index (χ3v) is 8.42. The van der Waals surface area contributed by atoms with Crippen molar-refractivity contribution in [3.63, 3.8) is 0 Å². The Bertz CT molecular complexity index is 2060. The zero-order chi connectivity index (χ0) is 31.0. The zero-order valence-corrected chi connectivity index (χ0v) is 26.1. The third kappa shape index (κ3) is 5.64. The van der Waals surface area contributed by atoms with Crippen LogP contribution in [0.4, 0.5) is 0 Å². The largest absolute Gasteiger partial charge is 0.497 e. The van der Waals surface area contributed by atoms with E-state index in [4.69, 9.17) is 31.2 Å². The Labute approximate surface area is 262 Å². The molecule has 44 heavy (non-hydrogen) atoms. The first-order chi connectivity index (χ1) is 21.2. The van der Waals surface area contributed by atoms with E-state index in [1.165, 1.54) is 11.3 Å². The monoisotopic (exact) mass is 624 g/mol. The maximum atomic E-state index is 14.2. The second-order valence-electron chi connectivity index (χ2n) is 10.5. The minimum Gasteiger partial charge on any atom is -0.497 e. The van der Waals surface area contributed by atoms with Gasteiger partial charge in [-0.1, -0.05) is 65.4 Å². The van der Waals surface area contributed by atoms with Gasteiger partial charge in [0.1, 0.15) is 11.4 Å². The van der Waals surface area contributed by atoms with Crippen LogP contribution < -0.4 is 19.6 Å². The van der Waals surface area contributed by atoms with Gasteiger partial charge in [-0.25, -0.2) is 14.5 Å². The second kappa shape index (κ2) is 12.1. The molecule has 2 aromatic heterocycles. The number of thiazole rings is 1. The van der Waals surface area contributed by atoms with Crippen LogP contribution in [-0.4, -0.2) is 33.5 Å². The number of ether oxygens (including phenoxy) is 2. The first-order valence-corrected chi connectivity index (χ1v) is 15.2. The molecule has 0 saturated heterocycles. The van der Waals surface area contributed by atoms with E-state index in [-0.39, 0.29) is 11.7 Å². The number of carbonyl (C=O) groups excluding carboxylic acids is 1. The molecule has 0 aliphatic carbocycles. The molecule has 0 N–H and O–H groups in total. The summed E-state index contributed by atoms with van der Waals surface area (Å²) >= 11 is 7.44. The van der Waals surface area contributed by atoms with E-state index in [0.29, 0.717) is 37.1 Å². The number of benzene rings is 3. The summed E-state index contributed by atoms with van der Waals surface area (Å²) in [4.78, 5) is 32.8. The maximum absolute atomic E-state index is 14.2. The molecule has 0 spiro atoms. The number of para-hydroxylation sites is 1. The predicted molar refractivity (Wildman–Crippen MR) is 172 cm³/mol. The van der Waals surface area contributed by atoms with Gasteiger partial charge >= 0.3 is 5.97 Å². The Kier molecular flexibility index (Phi) is 8.07. The van der Waals surface area contributed by atoms with E-state index < -0.39 is 12.0 Å². The number of carbonyl (C=O) groups is 1. The first-order valence-electron chi connectivity index (χ1n) is 14.0. The summed E-state index contributed by atoms with van der Waals surface area (Å²) in [5.74, 6) is 0.156. The Balaban J connectivity index is 1.55. The minimum atomic E-state index is -0.728. The molecule has 0 fully saturated rings. The predicted octanol–water partition coefficient (Wildman–Crippen LogP) is 5.70. The highest BCUT2D eigenvalue weighted by molar-refractivity contribution is 7.07. The van der Waals surface area contributed by atoms with Crippen LogP contribution in [0.5, 0.6) is 5.75 Å². The smallest absolute Gasteiger partial charge is 0.338 e. The fourth-order valence-corrected chi connectivity index (χ4v) is 6.30. The van der Waals surface area contributed by atoms with Gasteiger partial charge in [-0.3, -0.25) is 9.36 Å². The van der Waals surface area contributed by atoms with Gasteiger partial charge in [0.05, 0.1) is 40.7 Å². The van der Waals surface area contributed by atoms with Crippen LogP contribution in [-0.2, 0) is 9.53 Å². The number of nitrogens with zero attached hydrogens (tertiary/aromatic N) is 4. The minimum absolute atomic E-state index is 0.272. The van der Waals surface area contributed by atoms with Crippen LogP contribution in [0.1, 0.15) is 37.9 Å². The summed E-state index contributed by atoms with van der Waals surface area (Å²) in [5, 5.41) is 5.49. The van der Waals surface area contributed by atoms with E-state index in [1.54, 1.807) is 37.1 Å². The lowest BCUT2D eigenvalue weighted by Crippen LogP contribution is -2.40. The number of fused-ring (bicyclic) bond motifs is 1. The fraction of sp³-hybridized carbons (Fsp3) is 0.176. The molecule has 10 heteroatoms. The number of hydrogen-bond acceptors (Lipinski definition) is 7. The van der Waals surface area contributed by atoms with Crippen molar-refractivity contribution in [3.05, 3.63) is 132 Å². The molecular formula is C34H29ClN4O4S. The van der Waals surface area contributed by atoms with Crippen molar-refractivity contribution in [2.45, 2.75) is 32.9 Å². The Hall–Kier alpha value is -4.73. The number of esters is 1. The van der Waals surface area contributed by atoms with Gasteiger partial charge in [0.15, 0.2) is 4.80 Å². The van der Waals surface area contributed by atoms with Crippen molar-refractivity contribution < 1.29 is 14.3 Å². The number of halogens is 1. The summed E-state index contributed by atoms with van der Waals surface area (Å²) < 4.78 is 14.8. The molecule has 3 aromatic carbocycles. The second-order valence-corrected chi connectivity index (χ2v) is 12.0. The van der Waals surface area contributed by atoms with E-state index in [0.717, 1.165) is 22.4 Å². The summed E-state index contributed by atoms with van der Waals surface area (Å²) in [5.41, 5.74) is 4.47. The molecule has 5 aromatic rings. The Morgan fingerprint density at radius 2 is 1.73 bits per heavy atom. The molecule has 1 atom stereocenters. The van der Waals surface area contributed by atoms with Gasteiger partial charge in [0.25, 0.3) is 5.56 Å². The number of rotatable bonds is 7. The summed E-state index contributed by atoms with van der Waals surface area (Å²) in [6.07, 6.45) is 3.39. The van der Waals surface area contributed by atoms with Crippen LogP contribution in [0.15, 0.2) is 106 Å². The molecule has 0 radical (unpaired) electrons. The van der Waals surface area contributed by atoms with Crippen molar-refractivity contribution >= 4 is 35.0 Å². The standard InChI is InChI=1S/C34H29ClN4O4S/c1-20(2)43-33(41)29-21(3)36-34-39(31(29)23-12-16-27(42-4)17-13-23)32(40)28(44-34)18-24-19-38(26-8-6-5-7-9-26)37-30(24)22-10-14-25(35)15-11-22/h5-20,31H,1-4H3/b28-18+. The van der Waals surface area contributed by atoms with Crippen LogP contribution >= 0.6 is 22.9 Å². The molecule has 1 aliphatic heterocycles. The molecule has 0 bridgehead atoms. The van der Waals surface area contributed by atoms with Gasteiger partial charge in [-0.05, 0) is 68.8 Å². The zero-order valence-electron chi connectivity index (χ0n) is 24.5. The van der Waals surface area contributed by atoms with E-state index >= 15 is 0 Å². The van der Waals surface area contributed by atoms with E-state index in [2.05, 4.69) is 0 Å². The lowest BCUT2D eigenvalue weighted by molar-refractivity contribution is -0.143. The topological polar surface area (TPSA) is 87.7 Å². The van der Waals surface area contributed by atoms with Crippen molar-refractivity contribution in [3.8, 4) is 22.7 Å². The highest BCUT2D eigenvalue weighted by atomic mass is 35.5. The van der Waals surface area contributed by atoms with Crippen molar-refractivity contribution in [1.29, 1.82) is 0 Å². The molecule has 6 rings (SSSR count). The van der Waals surface area contributed by atoms with E-state index in [9.17, 15) is 9.59 Å². The van der Waals surface area contributed by atoms with Gasteiger partial charge in [0, 0.05) is 22.3 Å². The first kappa shape index (κ1) is 29.3. The van der Waals surface area contributed by atoms with Gasteiger partial charge < -0.3 is 9.47 Å². The van der Waals surface area contributed by atoms with Crippen molar-refractivity contribution in [1.82, 2.24) is 14.3 Å². The average Bonchev–Trinajstić information content (AvgIpc) is 3.57. The van der Waals surface area contributed by atoms with Gasteiger partial charge in [-0.15, -0.1) is 0 Å². The molecule has 3 heterocycles. The normalized spacial score (nSPS) is 14.9. The van der Waals surface area contributed by atoms with Crippen molar-refractivity contribution in [2.75, 3.05) is 7.11 Å². The highest BCUT2D eigenvalue weighted by Crippen LogP contribution is 2.32. The molecule has 0 amide bonds. The molecule has 8 nitrogen and oxygen atoms in total. The average molecular weight is 625 g/mol. The lowest BCUT2D eigenvalue weighted by Gasteiger charge is -2.25. The summed E-state index contributed by atoms with van der Waals surface area (Å²) in [7, 11) is 1.59. The number of methoxy groups -OCH3 is 1. The Morgan fingerprint density at radius 3 is 2.39 bits per heavy atom. The molecule has 1 unspecified atom stereocenters. The number of allylic oxidation sites excluding steroid dienone is 1. The SMILES string of the molecule is COc1ccc(C2C(C(=O)OC(C)C)=C(C)N=c3s/c(=C/c4cn(-c5ccccc5)nc4-c4ccc(Cl)cc4)c(=O)n32)cc1. The third-order valence-electron chi connectivity index (χ3n) is 7.18. The Morgan fingerprint density at radius 1 is 1.02 bits per heavy atom. The molecule has 222 valence electrons. The van der Waals surface area contributed by atoms with Crippen molar-refractivity contribution in [2.24, 2.45) is 4.99 Å². The molecule has 1 aliphatic rings. The number of hydrogen-bond donors (Lipinski definition) is 0. The summed E-state index contributed by atoms with van der Waals surface area (Å²) in [6.45, 7) is 5.35.